The molecule has 0 saturated heterocycles. The van der Waals surface area contributed by atoms with Crippen LogP contribution in [0.4, 0.5) is 30.4 Å². The highest BCUT2D eigenvalue weighted by molar-refractivity contribution is 7.18. The van der Waals surface area contributed by atoms with Gasteiger partial charge in [0.25, 0.3) is 11.8 Å². The van der Waals surface area contributed by atoms with Gasteiger partial charge in [-0.05, 0) is 56.2 Å². The maximum Gasteiger partial charge on any atom is 0.416 e. The lowest BCUT2D eigenvalue weighted by molar-refractivity contribution is -0.137. The number of carbonyl (C=O) groups is 2. The Morgan fingerprint density at radius 3 is 2.44 bits per heavy atom. The maximum atomic E-state index is 13.6. The minimum absolute atomic E-state index is 0.147. The van der Waals surface area contributed by atoms with Crippen LogP contribution < -0.4 is 16.0 Å². The summed E-state index contributed by atoms with van der Waals surface area (Å²) in [6, 6.07) is 9.85. The molecule has 2 amide bonds. The molecule has 0 atom stereocenters. The molecule has 1 aliphatic rings. The van der Waals surface area contributed by atoms with Gasteiger partial charge in [0.15, 0.2) is 0 Å². The standard InChI is InChI=1S/C28H22F3N7O2S/c1-15-11-38(14-34-15)21-8-16(7-17(9-21)28(29,30)31)26(39)36-19-3-2-4-20(10-19)37-27(40)22-12-41-24-23(22)32-13-33-25(24)35-18-5-6-18/h2-4,7-14,18H,5-6H2,1H3,(H,36,39)(H,37,40)(H,32,33,35). The van der Waals surface area contributed by atoms with Crippen molar-refractivity contribution >= 4 is 50.6 Å². The highest BCUT2D eigenvalue weighted by Gasteiger charge is 2.32. The topological polar surface area (TPSA) is 114 Å². The van der Waals surface area contributed by atoms with E-state index in [0.717, 1.165) is 29.7 Å². The molecule has 5 aromatic rings. The van der Waals surface area contributed by atoms with Crippen molar-refractivity contribution in [2.24, 2.45) is 0 Å². The van der Waals surface area contributed by atoms with Crippen LogP contribution in [0.25, 0.3) is 15.9 Å². The number of anilines is 3. The number of aryl methyl sites for hydroxylation is 1. The number of hydrogen-bond donors (Lipinski definition) is 3. The number of thiophene rings is 1. The van der Waals surface area contributed by atoms with Gasteiger partial charge < -0.3 is 20.5 Å². The molecule has 6 rings (SSSR count). The second kappa shape index (κ2) is 10.3. The first kappa shape index (κ1) is 26.4. The molecule has 0 aliphatic heterocycles. The Hall–Kier alpha value is -4.78. The Labute approximate surface area is 235 Å². The van der Waals surface area contributed by atoms with E-state index in [2.05, 4.69) is 30.9 Å². The maximum absolute atomic E-state index is 13.6. The van der Waals surface area contributed by atoms with Crippen molar-refractivity contribution in [2.45, 2.75) is 32.0 Å². The summed E-state index contributed by atoms with van der Waals surface area (Å²) in [6.45, 7) is 1.71. The monoisotopic (exact) mass is 577 g/mol. The van der Waals surface area contributed by atoms with Gasteiger partial charge in [-0.1, -0.05) is 6.07 Å². The number of hydrogen-bond acceptors (Lipinski definition) is 7. The van der Waals surface area contributed by atoms with E-state index in [1.165, 1.54) is 40.7 Å². The third-order valence-electron chi connectivity index (χ3n) is 6.41. The van der Waals surface area contributed by atoms with Crippen LogP contribution in [0.15, 0.2) is 66.7 Å². The third kappa shape index (κ3) is 5.75. The van der Waals surface area contributed by atoms with Gasteiger partial charge in [-0.3, -0.25) is 9.59 Å². The van der Waals surface area contributed by atoms with Gasteiger partial charge in [-0.25, -0.2) is 15.0 Å². The lowest BCUT2D eigenvalue weighted by Gasteiger charge is -2.13. The van der Waals surface area contributed by atoms with Crippen molar-refractivity contribution in [3.63, 3.8) is 0 Å². The van der Waals surface area contributed by atoms with Crippen molar-refractivity contribution < 1.29 is 22.8 Å². The molecule has 0 unspecified atom stereocenters. The smallest absolute Gasteiger partial charge is 0.366 e. The predicted molar refractivity (Wildman–Crippen MR) is 150 cm³/mol. The number of aromatic nitrogens is 4. The first-order chi connectivity index (χ1) is 19.6. The van der Waals surface area contributed by atoms with Crippen LogP contribution in [-0.4, -0.2) is 37.4 Å². The molecule has 3 N–H and O–H groups in total. The number of halogens is 3. The van der Waals surface area contributed by atoms with Crippen LogP contribution in [0.3, 0.4) is 0 Å². The molecular formula is C28H22F3N7O2S. The quantitative estimate of drug-likeness (QED) is 0.210. The van der Waals surface area contributed by atoms with Gasteiger partial charge >= 0.3 is 6.18 Å². The number of alkyl halides is 3. The minimum atomic E-state index is -4.66. The number of benzene rings is 2. The Bertz CT molecular complexity index is 1790. The van der Waals surface area contributed by atoms with Crippen molar-refractivity contribution in [1.29, 1.82) is 0 Å². The highest BCUT2D eigenvalue weighted by Crippen LogP contribution is 2.34. The second-order valence-corrected chi connectivity index (χ2v) is 10.5. The van der Waals surface area contributed by atoms with E-state index in [0.29, 0.717) is 40.0 Å². The molecular weight excluding hydrogens is 555 g/mol. The Morgan fingerprint density at radius 2 is 1.76 bits per heavy atom. The normalized spacial score (nSPS) is 13.3. The van der Waals surface area contributed by atoms with E-state index in [4.69, 9.17) is 0 Å². The lowest BCUT2D eigenvalue weighted by atomic mass is 10.1. The molecule has 3 aromatic heterocycles. The van der Waals surface area contributed by atoms with E-state index in [1.807, 2.05) is 0 Å². The number of nitrogens with zero attached hydrogens (tertiary/aromatic N) is 4. The number of fused-ring (bicyclic) bond motifs is 1. The minimum Gasteiger partial charge on any atom is -0.366 e. The molecule has 0 bridgehead atoms. The highest BCUT2D eigenvalue weighted by atomic mass is 32.1. The molecule has 41 heavy (non-hydrogen) atoms. The largest absolute Gasteiger partial charge is 0.416 e. The summed E-state index contributed by atoms with van der Waals surface area (Å²) in [6.07, 6.45) is 1.87. The molecule has 13 heteroatoms. The van der Waals surface area contributed by atoms with Crippen LogP contribution in [0.1, 0.15) is 44.8 Å². The SMILES string of the molecule is Cc1cn(-c2cc(C(=O)Nc3cccc(NC(=O)c4csc5c(NC6CC6)ncnc45)c3)cc(C(F)(F)F)c2)cn1. The molecule has 1 fully saturated rings. The number of nitrogens with one attached hydrogen (secondary N) is 3. The Morgan fingerprint density at radius 1 is 1.00 bits per heavy atom. The van der Waals surface area contributed by atoms with Crippen LogP contribution in [0.2, 0.25) is 0 Å². The van der Waals surface area contributed by atoms with Crippen molar-refractivity contribution in [2.75, 3.05) is 16.0 Å². The van der Waals surface area contributed by atoms with E-state index in [1.54, 1.807) is 36.7 Å². The van der Waals surface area contributed by atoms with E-state index in [9.17, 15) is 22.8 Å². The third-order valence-corrected chi connectivity index (χ3v) is 7.39. The van der Waals surface area contributed by atoms with Gasteiger partial charge in [0.05, 0.1) is 33.4 Å². The summed E-state index contributed by atoms with van der Waals surface area (Å²) >= 11 is 1.37. The van der Waals surface area contributed by atoms with Gasteiger partial charge in [0, 0.05) is 40.2 Å². The Balaban J connectivity index is 1.21. The fourth-order valence-corrected chi connectivity index (χ4v) is 5.18. The van der Waals surface area contributed by atoms with Gasteiger partial charge in [0.1, 0.15) is 12.1 Å². The molecule has 1 saturated carbocycles. The number of imidazole rings is 1. The van der Waals surface area contributed by atoms with Gasteiger partial charge in [-0.15, -0.1) is 11.3 Å². The van der Waals surface area contributed by atoms with Crippen molar-refractivity contribution in [3.05, 3.63) is 89.1 Å². The molecule has 0 radical (unpaired) electrons. The van der Waals surface area contributed by atoms with Crippen LogP contribution in [0, 0.1) is 6.92 Å². The summed E-state index contributed by atoms with van der Waals surface area (Å²) < 4.78 is 43.1. The molecule has 208 valence electrons. The molecule has 1 aliphatic carbocycles. The van der Waals surface area contributed by atoms with Gasteiger partial charge in [-0.2, -0.15) is 13.2 Å². The summed E-state index contributed by atoms with van der Waals surface area (Å²) in [5.74, 6) is -0.435. The molecule has 9 nitrogen and oxygen atoms in total. The zero-order valence-corrected chi connectivity index (χ0v) is 22.3. The zero-order chi connectivity index (χ0) is 28.7. The fourth-order valence-electron chi connectivity index (χ4n) is 4.23. The first-order valence-corrected chi connectivity index (χ1v) is 13.5. The summed E-state index contributed by atoms with van der Waals surface area (Å²) in [5, 5.41) is 10.5. The van der Waals surface area contributed by atoms with Crippen molar-refractivity contribution in [3.8, 4) is 5.69 Å². The van der Waals surface area contributed by atoms with Crippen LogP contribution >= 0.6 is 11.3 Å². The lowest BCUT2D eigenvalue weighted by Crippen LogP contribution is -2.16. The molecule has 2 aromatic carbocycles. The van der Waals surface area contributed by atoms with Gasteiger partial charge in [0.2, 0.25) is 0 Å². The average molecular weight is 578 g/mol. The second-order valence-electron chi connectivity index (χ2n) is 9.65. The summed E-state index contributed by atoms with van der Waals surface area (Å²) in [5.41, 5.74) is 1.20. The number of amides is 2. The summed E-state index contributed by atoms with van der Waals surface area (Å²) in [4.78, 5) is 38.8. The fraction of sp³-hybridized carbons (Fsp3) is 0.179. The number of rotatable bonds is 7. The zero-order valence-electron chi connectivity index (χ0n) is 21.5. The van der Waals surface area contributed by atoms with Crippen LogP contribution in [0.5, 0.6) is 0 Å². The molecule has 3 heterocycles. The first-order valence-electron chi connectivity index (χ1n) is 12.6. The summed E-state index contributed by atoms with van der Waals surface area (Å²) in [7, 11) is 0. The van der Waals surface area contributed by atoms with E-state index < -0.39 is 23.6 Å². The number of carbonyl (C=O) groups excluding carboxylic acids is 2. The predicted octanol–water partition coefficient (Wildman–Crippen LogP) is 6.28. The van der Waals surface area contributed by atoms with Crippen molar-refractivity contribution in [1.82, 2.24) is 19.5 Å². The van der Waals surface area contributed by atoms with E-state index >= 15 is 0 Å². The average Bonchev–Trinajstić information content (AvgIpc) is 3.46. The van der Waals surface area contributed by atoms with E-state index in [-0.39, 0.29) is 11.3 Å². The molecule has 0 spiro atoms. The van der Waals surface area contributed by atoms with Crippen LogP contribution in [-0.2, 0) is 6.18 Å². The Kier molecular flexibility index (Phi) is 6.66.